The van der Waals surface area contributed by atoms with E-state index in [1.54, 1.807) is 12.1 Å². The van der Waals surface area contributed by atoms with Crippen LogP contribution in [0.5, 0.6) is 0 Å². The predicted molar refractivity (Wildman–Crippen MR) is 204 cm³/mol. The van der Waals surface area contributed by atoms with Gasteiger partial charge in [0.15, 0.2) is 0 Å². The van der Waals surface area contributed by atoms with Crippen LogP contribution in [0.3, 0.4) is 0 Å². The molecule has 1 atom stereocenters. The van der Waals surface area contributed by atoms with Crippen LogP contribution in [0.1, 0.15) is 111 Å². The first-order valence-electron chi connectivity index (χ1n) is 16.7. The van der Waals surface area contributed by atoms with Gasteiger partial charge in [-0.15, -0.1) is 24.8 Å². The first-order chi connectivity index (χ1) is 19.8. The average molecular weight is 725 g/mol. The van der Waals surface area contributed by atoms with E-state index in [-0.39, 0.29) is 41.1 Å². The molecule has 0 nitrogen and oxygen atoms in total. The summed E-state index contributed by atoms with van der Waals surface area (Å²) in [6, 6.07) is 24.0. The Morgan fingerprint density at radius 2 is 1.36 bits per heavy atom. The van der Waals surface area contributed by atoms with Crippen LogP contribution in [0.2, 0.25) is 4.63 Å². The van der Waals surface area contributed by atoms with Gasteiger partial charge < -0.3 is 0 Å². The number of benzene rings is 3. The fourth-order valence-corrected chi connectivity index (χ4v) is 20.9. The fourth-order valence-electron chi connectivity index (χ4n) is 7.60. The Hall–Kier alpha value is -1.53. The van der Waals surface area contributed by atoms with E-state index in [2.05, 4.69) is 147 Å². The van der Waals surface area contributed by atoms with E-state index in [4.69, 9.17) is 4.21 Å². The molecule has 0 saturated carbocycles. The third-order valence-corrected chi connectivity index (χ3v) is 25.1. The van der Waals surface area contributed by atoms with Gasteiger partial charge in [-0.1, -0.05) is 0 Å². The maximum absolute atomic E-state index is 5.63. The second-order valence-electron chi connectivity index (χ2n) is 17.2. The predicted octanol–water partition coefficient (Wildman–Crippen LogP) is 11.5. The molecule has 0 heterocycles. The maximum atomic E-state index is 5.63. The van der Waals surface area contributed by atoms with Crippen LogP contribution in [0.4, 0.5) is 0 Å². The topological polar surface area (TPSA) is 0 Å². The van der Waals surface area contributed by atoms with Crippen molar-refractivity contribution >= 4 is 35.6 Å². The summed E-state index contributed by atoms with van der Waals surface area (Å²) in [6.07, 6.45) is 9.95. The number of allylic oxidation sites excluding steroid dienone is 4. The molecule has 45 heavy (non-hydrogen) atoms. The van der Waals surface area contributed by atoms with Crippen molar-refractivity contribution in [1.82, 2.24) is 0 Å². The molecule has 5 rings (SSSR count). The standard InChI is InChI=1S/C21H25.C13H21.C6H5.CH3.CH2.2ClH.Zr/c1-20(2,3)16-9-7-14-11-15-8-10-17(21(4,5)6)13-19(15)18(14)12-16;1-5-6-7-11-8-9-12(10-11)13(2,3)4;1-2-4-6-5-3-1;;;;;/h7,9-10,12-13H,11H2,1-6H3;9-11H,5-7H2,1-4H3;1-5H;1H3;1H2;2*1H;. The van der Waals surface area contributed by atoms with Crippen molar-refractivity contribution in [2.45, 2.75) is 110 Å². The van der Waals surface area contributed by atoms with Gasteiger partial charge in [-0.3, -0.25) is 0 Å². The molecule has 0 bridgehead atoms. The average Bonchev–Trinajstić information content (AvgIpc) is 3.53. The fraction of sp³-hybridized carbons (Fsp3) is 0.452. The van der Waals surface area contributed by atoms with Crippen molar-refractivity contribution in [2.24, 2.45) is 11.3 Å². The zero-order chi connectivity index (χ0) is 31.6. The molecule has 0 saturated heterocycles. The summed E-state index contributed by atoms with van der Waals surface area (Å²) in [5.41, 5.74) is 10.5. The Labute approximate surface area is 288 Å². The van der Waals surface area contributed by atoms with E-state index in [0.717, 1.165) is 6.42 Å². The zero-order valence-electron chi connectivity index (χ0n) is 29.9. The van der Waals surface area contributed by atoms with Crippen LogP contribution in [0.25, 0.3) is 11.1 Å². The van der Waals surface area contributed by atoms with Crippen LogP contribution >= 0.6 is 24.8 Å². The van der Waals surface area contributed by atoms with Crippen molar-refractivity contribution in [3.05, 3.63) is 104 Å². The molecule has 3 heteroatoms. The summed E-state index contributed by atoms with van der Waals surface area (Å²) in [5.74, 6) is 0.452. The first kappa shape index (κ1) is 37.9. The van der Waals surface area contributed by atoms with Gasteiger partial charge in [-0.2, -0.15) is 0 Å². The molecule has 1 unspecified atom stereocenters. The quantitative estimate of drug-likeness (QED) is 0.186. The number of fused-ring (bicyclic) bond motifs is 3. The van der Waals surface area contributed by atoms with Crippen molar-refractivity contribution in [2.75, 3.05) is 0 Å². The Balaban J connectivity index is 0.00000276. The monoisotopic (exact) mass is 722 g/mol. The number of unbranched alkanes of at least 4 members (excludes halogenated alkanes) is 1. The van der Waals surface area contributed by atoms with Gasteiger partial charge in [0.25, 0.3) is 0 Å². The summed E-state index contributed by atoms with van der Waals surface area (Å²) >= 11 is -4.41. The molecule has 0 amide bonds. The van der Waals surface area contributed by atoms with Gasteiger partial charge in [-0.25, -0.2) is 0 Å². The van der Waals surface area contributed by atoms with Crippen molar-refractivity contribution < 1.29 is 18.3 Å². The molecular weight excluding hydrogens is 667 g/mol. The number of hydrogen-bond donors (Lipinski definition) is 0. The molecular formula is C42H58Cl2Zr. The molecule has 0 fully saturated rings. The van der Waals surface area contributed by atoms with Crippen LogP contribution in [-0.2, 0) is 35.5 Å². The number of rotatable bonds is 6. The Morgan fingerprint density at radius 3 is 1.91 bits per heavy atom. The van der Waals surface area contributed by atoms with E-state index < -0.39 is 18.3 Å². The van der Waals surface area contributed by atoms with Gasteiger partial charge >= 0.3 is 266 Å². The molecule has 0 aromatic heterocycles. The van der Waals surface area contributed by atoms with Gasteiger partial charge in [0.1, 0.15) is 0 Å². The molecule has 0 N–H and O–H groups in total. The Kier molecular flexibility index (Phi) is 10.8. The van der Waals surface area contributed by atoms with Gasteiger partial charge in [0.2, 0.25) is 0 Å². The normalized spacial score (nSPS) is 16.7. The van der Waals surface area contributed by atoms with E-state index in [9.17, 15) is 0 Å². The second-order valence-corrected chi connectivity index (χ2v) is 31.2. The van der Waals surface area contributed by atoms with E-state index in [1.807, 2.05) is 0 Å². The first-order valence-corrected chi connectivity index (χ1v) is 24.6. The summed E-state index contributed by atoms with van der Waals surface area (Å²) in [5, 5.41) is 0. The molecule has 0 radical (unpaired) electrons. The summed E-state index contributed by atoms with van der Waals surface area (Å²) in [7, 11) is 0. The van der Waals surface area contributed by atoms with Crippen LogP contribution in [-0.4, -0.2) is 4.21 Å². The Morgan fingerprint density at radius 1 is 0.756 bits per heavy atom. The van der Waals surface area contributed by atoms with Crippen LogP contribution < -0.4 is 6.54 Å². The molecule has 2 aliphatic rings. The molecule has 3 aromatic carbocycles. The molecule has 2 aliphatic carbocycles. The summed E-state index contributed by atoms with van der Waals surface area (Å²) in [4.78, 5) is 0. The van der Waals surface area contributed by atoms with E-state index in [1.165, 1.54) is 55.9 Å². The van der Waals surface area contributed by atoms with Gasteiger partial charge in [-0.05, 0) is 0 Å². The number of hydrogen-bond acceptors (Lipinski definition) is 0. The number of halogens is 2. The summed E-state index contributed by atoms with van der Waals surface area (Å²) in [6.45, 7) is 23.6. The van der Waals surface area contributed by atoms with Gasteiger partial charge in [0.05, 0.1) is 0 Å². The van der Waals surface area contributed by atoms with Crippen molar-refractivity contribution in [3.8, 4) is 11.1 Å². The summed E-state index contributed by atoms with van der Waals surface area (Å²) < 4.78 is 13.0. The molecule has 244 valence electrons. The van der Waals surface area contributed by atoms with E-state index >= 15 is 0 Å². The zero-order valence-corrected chi connectivity index (χ0v) is 33.9. The third-order valence-electron chi connectivity index (χ3n) is 10.6. The third kappa shape index (κ3) is 6.76. The van der Waals surface area contributed by atoms with Crippen molar-refractivity contribution in [3.63, 3.8) is 0 Å². The Bertz CT molecular complexity index is 1680. The van der Waals surface area contributed by atoms with Crippen LogP contribution in [0, 0.1) is 11.3 Å². The second kappa shape index (κ2) is 12.8. The van der Waals surface area contributed by atoms with Gasteiger partial charge in [0, 0.05) is 0 Å². The van der Waals surface area contributed by atoms with Crippen molar-refractivity contribution in [1.29, 1.82) is 0 Å². The SMILES string of the molecule is Cl.Cl.[CH2]=[Zr]([CH3])([C]1=CC(C(C)(C)C)=CC1CCCC)([c]1ccccc1)[c]1cc(C(C)(C)C)cc2c1Cc1ccc(C(C)(C)C)cc1-2. The molecule has 0 aliphatic heterocycles. The minimum absolute atomic E-state index is 0. The minimum atomic E-state index is -4.41. The molecule has 3 aromatic rings. The molecule has 0 spiro atoms. The van der Waals surface area contributed by atoms with Crippen LogP contribution in [0.15, 0.2) is 81.7 Å². The van der Waals surface area contributed by atoms with E-state index in [0.29, 0.717) is 5.92 Å².